The van der Waals surface area contributed by atoms with Crippen LogP contribution in [0.15, 0.2) is 72.8 Å². The lowest BCUT2D eigenvalue weighted by atomic mass is 10.2. The molecule has 3 N–H and O–H groups in total. The third-order valence-corrected chi connectivity index (χ3v) is 11.0. The van der Waals surface area contributed by atoms with Gasteiger partial charge >= 0.3 is 8.80 Å². The summed E-state index contributed by atoms with van der Waals surface area (Å²) in [6.07, 6.45) is 1.33. The van der Waals surface area contributed by atoms with Crippen molar-refractivity contribution < 1.29 is 14.4 Å². The fraction of sp³-hybridized carbons (Fsp3) is 0.250. The van der Waals surface area contributed by atoms with E-state index in [4.69, 9.17) is 0 Å². The van der Waals surface area contributed by atoms with Crippen LogP contribution in [-0.4, -0.2) is 29.4 Å². The zero-order valence-electron chi connectivity index (χ0n) is 17.3. The van der Waals surface area contributed by atoms with E-state index in [2.05, 4.69) is 93.6 Å². The predicted molar refractivity (Wildman–Crippen MR) is 126 cm³/mol. The van der Waals surface area contributed by atoms with Crippen molar-refractivity contribution in [1.82, 2.24) is 0 Å². The second kappa shape index (κ2) is 8.91. The zero-order valence-corrected chi connectivity index (χ0v) is 19.2. The van der Waals surface area contributed by atoms with Gasteiger partial charge in [0, 0.05) is 6.04 Å². The van der Waals surface area contributed by atoms with Crippen molar-refractivity contribution in [2.24, 2.45) is 0 Å². The molecule has 152 valence electrons. The van der Waals surface area contributed by atoms with Crippen LogP contribution >= 0.6 is 7.26 Å². The molecule has 0 saturated heterocycles. The molecule has 0 aliphatic carbocycles. The first-order valence-electron chi connectivity index (χ1n) is 9.98. The third-order valence-electron chi connectivity index (χ3n) is 5.43. The maximum absolute atomic E-state index is 9.60. The van der Waals surface area contributed by atoms with Gasteiger partial charge in [0.1, 0.15) is 23.2 Å². The van der Waals surface area contributed by atoms with Gasteiger partial charge in [-0.05, 0) is 63.6 Å². The number of benzene rings is 3. The number of hydrogen-bond acceptors (Lipinski definition) is 3. The van der Waals surface area contributed by atoms with Gasteiger partial charge in [0.05, 0.1) is 6.16 Å². The molecule has 0 fully saturated rings. The summed E-state index contributed by atoms with van der Waals surface area (Å²) in [5.41, 5.74) is 3.64. The second-order valence-corrected chi connectivity index (χ2v) is 13.6. The van der Waals surface area contributed by atoms with Crippen molar-refractivity contribution >= 4 is 32.0 Å². The van der Waals surface area contributed by atoms with Gasteiger partial charge < -0.3 is 14.4 Å². The maximum atomic E-state index is 9.60. The number of rotatable bonds is 7. The molecule has 0 unspecified atom stereocenters. The summed E-state index contributed by atoms with van der Waals surface area (Å²) in [4.78, 5) is 28.8. The number of hydrogen-bond donors (Lipinski definition) is 3. The van der Waals surface area contributed by atoms with Gasteiger partial charge in [-0.2, -0.15) is 0 Å². The maximum Gasteiger partial charge on any atom is 0.492 e. The Kier molecular flexibility index (Phi) is 6.72. The smallest absolute Gasteiger partial charge is 0.390 e. The van der Waals surface area contributed by atoms with Crippen molar-refractivity contribution in [3.63, 3.8) is 0 Å². The molecule has 0 aromatic heterocycles. The number of aryl methyl sites for hydroxylation is 3. The molecule has 0 amide bonds. The highest BCUT2D eigenvalue weighted by atomic mass is 31.2. The highest BCUT2D eigenvalue weighted by Gasteiger charge is 2.45. The molecular formula is C24H30O3PSi+. The molecule has 0 radical (unpaired) electrons. The van der Waals surface area contributed by atoms with Crippen molar-refractivity contribution in [1.29, 1.82) is 0 Å². The van der Waals surface area contributed by atoms with Crippen molar-refractivity contribution in [3.8, 4) is 0 Å². The zero-order chi connectivity index (χ0) is 21.1. The molecule has 0 atom stereocenters. The summed E-state index contributed by atoms with van der Waals surface area (Å²) in [7, 11) is -6.08. The standard InChI is InChI=1S/C24H30O3PSi/c1-19-5-11-22(12-6-19)28(17-4-18-29(25,26)27,23-13-7-20(2)8-14-23)24-15-9-21(3)10-16-24/h5-16,25-27H,4,17-18H2,1-3H3/q+1. The van der Waals surface area contributed by atoms with E-state index in [0.29, 0.717) is 6.42 Å². The van der Waals surface area contributed by atoms with E-state index in [1.54, 1.807) is 0 Å². The van der Waals surface area contributed by atoms with Gasteiger partial charge in [0.25, 0.3) is 0 Å². The van der Waals surface area contributed by atoms with Crippen LogP contribution in [-0.2, 0) is 0 Å². The fourth-order valence-corrected chi connectivity index (χ4v) is 9.01. The summed E-state index contributed by atoms with van der Waals surface area (Å²) in [5, 5.41) is 3.82. The van der Waals surface area contributed by atoms with Crippen LogP contribution < -0.4 is 15.9 Å². The summed E-state index contributed by atoms with van der Waals surface area (Å²) in [6, 6.07) is 26.2. The SMILES string of the molecule is Cc1ccc([P+](CCC[Si](O)(O)O)(c2ccc(C)cc2)c2ccc(C)cc2)cc1. The van der Waals surface area contributed by atoms with Gasteiger partial charge in [-0.1, -0.05) is 53.1 Å². The lowest BCUT2D eigenvalue weighted by molar-refractivity contribution is 0.227. The highest BCUT2D eigenvalue weighted by molar-refractivity contribution is 7.95. The average Bonchev–Trinajstić information content (AvgIpc) is 2.67. The van der Waals surface area contributed by atoms with Crippen LogP contribution in [0.25, 0.3) is 0 Å². The van der Waals surface area contributed by atoms with E-state index in [-0.39, 0.29) is 6.04 Å². The van der Waals surface area contributed by atoms with Crippen LogP contribution in [0.4, 0.5) is 0 Å². The Morgan fingerprint density at radius 1 is 0.586 bits per heavy atom. The molecule has 0 spiro atoms. The van der Waals surface area contributed by atoms with Crippen LogP contribution in [0, 0.1) is 20.8 Å². The first kappa shape index (κ1) is 21.9. The van der Waals surface area contributed by atoms with Crippen LogP contribution in [0.5, 0.6) is 0 Å². The lowest BCUT2D eigenvalue weighted by Crippen LogP contribution is -2.37. The Balaban J connectivity index is 2.20. The first-order valence-corrected chi connectivity index (χ1v) is 14.0. The molecule has 0 aliphatic heterocycles. The van der Waals surface area contributed by atoms with Crippen molar-refractivity contribution in [3.05, 3.63) is 89.5 Å². The van der Waals surface area contributed by atoms with Gasteiger partial charge in [-0.15, -0.1) is 0 Å². The highest BCUT2D eigenvalue weighted by Crippen LogP contribution is 2.56. The second-order valence-electron chi connectivity index (χ2n) is 7.92. The molecule has 5 heteroatoms. The Bertz CT molecular complexity index is 819. The van der Waals surface area contributed by atoms with Crippen molar-refractivity contribution in [2.75, 3.05) is 6.16 Å². The van der Waals surface area contributed by atoms with E-state index >= 15 is 0 Å². The Labute approximate surface area is 175 Å². The molecule has 0 bridgehead atoms. The van der Waals surface area contributed by atoms with Crippen LogP contribution in [0.1, 0.15) is 23.1 Å². The quantitative estimate of drug-likeness (QED) is 0.402. The molecule has 29 heavy (non-hydrogen) atoms. The van der Waals surface area contributed by atoms with Gasteiger partial charge in [0.15, 0.2) is 0 Å². The third kappa shape index (κ3) is 5.22. The van der Waals surface area contributed by atoms with Crippen LogP contribution in [0.2, 0.25) is 6.04 Å². The first-order chi connectivity index (χ1) is 13.7. The van der Waals surface area contributed by atoms with Gasteiger partial charge in [-0.25, -0.2) is 0 Å². The Hall–Kier alpha value is -1.81. The molecule has 3 aromatic rings. The molecule has 0 saturated carbocycles. The largest absolute Gasteiger partial charge is 0.492 e. The summed E-state index contributed by atoms with van der Waals surface area (Å²) in [6.45, 7) is 6.26. The summed E-state index contributed by atoms with van der Waals surface area (Å²) >= 11 is 0. The van der Waals surface area contributed by atoms with Crippen molar-refractivity contribution in [2.45, 2.75) is 33.2 Å². The predicted octanol–water partition coefficient (Wildman–Crippen LogP) is 3.21. The molecular weight excluding hydrogens is 395 g/mol. The topological polar surface area (TPSA) is 60.7 Å². The monoisotopic (exact) mass is 425 g/mol. The van der Waals surface area contributed by atoms with E-state index in [1.165, 1.54) is 32.6 Å². The summed E-state index contributed by atoms with van der Waals surface area (Å²) < 4.78 is 0. The van der Waals surface area contributed by atoms with E-state index in [1.807, 2.05) is 0 Å². The van der Waals surface area contributed by atoms with E-state index in [0.717, 1.165) is 6.16 Å². The van der Waals surface area contributed by atoms with Gasteiger partial charge in [0.2, 0.25) is 0 Å². The average molecular weight is 426 g/mol. The molecule has 0 aliphatic rings. The minimum Gasteiger partial charge on any atom is -0.390 e. The fourth-order valence-electron chi connectivity index (χ4n) is 3.79. The minimum absolute atomic E-state index is 0.0539. The minimum atomic E-state index is -4.07. The molecule has 3 rings (SSSR count). The molecule has 3 aromatic carbocycles. The van der Waals surface area contributed by atoms with E-state index in [9.17, 15) is 14.4 Å². The lowest BCUT2D eigenvalue weighted by Gasteiger charge is -2.28. The summed E-state index contributed by atoms with van der Waals surface area (Å²) in [5.74, 6) is 0. The van der Waals surface area contributed by atoms with E-state index < -0.39 is 16.1 Å². The Morgan fingerprint density at radius 3 is 1.17 bits per heavy atom. The Morgan fingerprint density at radius 2 is 0.897 bits per heavy atom. The van der Waals surface area contributed by atoms with Gasteiger partial charge in [-0.3, -0.25) is 0 Å². The molecule has 3 nitrogen and oxygen atoms in total. The van der Waals surface area contributed by atoms with Crippen LogP contribution in [0.3, 0.4) is 0 Å². The normalized spacial score (nSPS) is 12.2. The molecule has 0 heterocycles.